The van der Waals surface area contributed by atoms with Crippen LogP contribution in [0.25, 0.3) is 10.8 Å². The van der Waals surface area contributed by atoms with Gasteiger partial charge in [-0.3, -0.25) is 23.0 Å². The number of amides is 1. The standard InChI is InChI=1S/C41H39N9O15S4/c1-22-15-29(45-50-40-39(69(62,63)64)18-25-17-26(5-9-30(25)41(40)52)44-28-6-10-31(42)37(19-28)67(56,57)58)8-11-32(22)46-49-35-16-23(2)34(21-36(35)65-13-4-14-66(53,54)55)48-47-33-12-7-27(43-24(3)51)20-38(33)68(59,60)61/h5-12,15-21,44,52H,4,13-14,42H2,1-3H3,(H,43,51)(H,53,54,55)(H,56,57,58)(H,59,60,61)(H,62,63,64). The minimum Gasteiger partial charge on any atom is -0.505 e. The summed E-state index contributed by atoms with van der Waals surface area (Å²) in [7, 11) is -18.8. The summed E-state index contributed by atoms with van der Waals surface area (Å²) in [5.41, 5.74) is 6.70. The van der Waals surface area contributed by atoms with Crippen LogP contribution in [-0.2, 0) is 45.3 Å². The Morgan fingerprint density at radius 3 is 1.84 bits per heavy atom. The number of fused-ring (bicyclic) bond motifs is 1. The molecule has 0 atom stereocenters. The van der Waals surface area contributed by atoms with Crippen LogP contribution in [0.15, 0.2) is 136 Å². The van der Waals surface area contributed by atoms with Gasteiger partial charge < -0.3 is 26.2 Å². The molecule has 9 N–H and O–H groups in total. The molecule has 362 valence electrons. The van der Waals surface area contributed by atoms with Gasteiger partial charge in [-0.15, -0.1) is 15.3 Å². The molecule has 0 spiro atoms. The van der Waals surface area contributed by atoms with Gasteiger partial charge in [0.15, 0.2) is 5.75 Å². The molecule has 0 radical (unpaired) electrons. The second kappa shape index (κ2) is 20.1. The highest BCUT2D eigenvalue weighted by Crippen LogP contribution is 2.43. The highest BCUT2D eigenvalue weighted by Gasteiger charge is 2.23. The van der Waals surface area contributed by atoms with Gasteiger partial charge in [0.25, 0.3) is 40.5 Å². The molecule has 0 aliphatic carbocycles. The van der Waals surface area contributed by atoms with Crippen LogP contribution in [-0.4, -0.2) is 75.3 Å². The van der Waals surface area contributed by atoms with Crippen LogP contribution >= 0.6 is 0 Å². The Balaban J connectivity index is 1.28. The van der Waals surface area contributed by atoms with E-state index in [9.17, 15) is 61.8 Å². The van der Waals surface area contributed by atoms with E-state index in [-0.39, 0.29) is 80.7 Å². The van der Waals surface area contributed by atoms with E-state index in [2.05, 4.69) is 41.3 Å². The number of carbonyl (C=O) groups excluding carboxylic acids is 1. The first-order chi connectivity index (χ1) is 32.2. The average Bonchev–Trinajstić information content (AvgIpc) is 3.23. The van der Waals surface area contributed by atoms with Gasteiger partial charge in [0.05, 0.1) is 35.1 Å². The number of nitrogens with zero attached hydrogens (tertiary/aromatic N) is 6. The number of aryl methyl sites for hydroxylation is 2. The molecule has 28 heteroatoms. The van der Waals surface area contributed by atoms with Crippen molar-refractivity contribution in [1.82, 2.24) is 0 Å². The quantitative estimate of drug-likeness (QED) is 0.0183. The van der Waals surface area contributed by atoms with Gasteiger partial charge in [-0.2, -0.15) is 49.0 Å². The summed E-state index contributed by atoms with van der Waals surface area (Å²) in [5.74, 6) is -1.75. The Kier molecular flexibility index (Phi) is 14.9. The van der Waals surface area contributed by atoms with Gasteiger partial charge >= 0.3 is 0 Å². The number of phenols is 1. The lowest BCUT2D eigenvalue weighted by molar-refractivity contribution is -0.114. The van der Waals surface area contributed by atoms with E-state index in [1.165, 1.54) is 79.7 Å². The maximum Gasteiger partial charge on any atom is 0.296 e. The summed E-state index contributed by atoms with van der Waals surface area (Å²) in [6.45, 7) is 4.22. The van der Waals surface area contributed by atoms with Gasteiger partial charge in [0, 0.05) is 35.4 Å². The third-order valence-corrected chi connectivity index (χ3v) is 13.0. The number of phenolic OH excluding ortho intramolecular Hbond substituents is 1. The first-order valence-electron chi connectivity index (χ1n) is 19.5. The highest BCUT2D eigenvalue weighted by atomic mass is 32.2. The van der Waals surface area contributed by atoms with E-state index in [0.717, 1.165) is 18.2 Å². The molecule has 0 saturated heterocycles. The molecule has 0 fully saturated rings. The van der Waals surface area contributed by atoms with Crippen molar-refractivity contribution in [3.05, 3.63) is 102 Å². The smallest absolute Gasteiger partial charge is 0.296 e. The number of nitrogen functional groups attached to an aromatic ring is 1. The van der Waals surface area contributed by atoms with Gasteiger partial charge in [-0.05, 0) is 122 Å². The molecule has 69 heavy (non-hydrogen) atoms. The summed E-state index contributed by atoms with van der Waals surface area (Å²) < 4.78 is 140. The van der Waals surface area contributed by atoms with E-state index in [1.807, 2.05) is 0 Å². The number of hydrogen-bond acceptors (Lipinski definition) is 19. The van der Waals surface area contributed by atoms with Gasteiger partial charge in [0.2, 0.25) is 5.91 Å². The molecule has 0 aliphatic rings. The van der Waals surface area contributed by atoms with Gasteiger partial charge in [0.1, 0.15) is 37.5 Å². The molecule has 6 aromatic rings. The van der Waals surface area contributed by atoms with Crippen LogP contribution < -0.4 is 21.1 Å². The minimum absolute atomic E-state index is 0.0149. The van der Waals surface area contributed by atoms with Crippen molar-refractivity contribution in [3.63, 3.8) is 0 Å². The SMILES string of the molecule is CC(=O)Nc1ccc(N=Nc2cc(OCCCS(=O)(=O)O)c(N=Nc3ccc(N=Nc4c(S(=O)(=O)O)cc5cc(Nc6ccc(N)c(S(=O)(=O)O)c6)ccc5c4O)cc3C)cc2C)c(S(=O)(=O)O)c1. The molecule has 1 amide bonds. The van der Waals surface area contributed by atoms with Gasteiger partial charge in [-0.1, -0.05) is 0 Å². The van der Waals surface area contributed by atoms with E-state index in [4.69, 9.17) is 10.5 Å². The largest absolute Gasteiger partial charge is 0.505 e. The number of rotatable bonds is 17. The Morgan fingerprint density at radius 1 is 0.609 bits per heavy atom. The maximum atomic E-state index is 12.6. The fourth-order valence-corrected chi connectivity index (χ4v) is 8.76. The van der Waals surface area contributed by atoms with E-state index in [1.54, 1.807) is 13.8 Å². The zero-order chi connectivity index (χ0) is 50.6. The Morgan fingerprint density at radius 2 is 1.19 bits per heavy atom. The molecule has 0 aromatic heterocycles. The molecule has 0 unspecified atom stereocenters. The summed E-state index contributed by atoms with van der Waals surface area (Å²) >= 11 is 0. The van der Waals surface area contributed by atoms with Crippen LogP contribution in [0.5, 0.6) is 11.5 Å². The number of aromatic hydroxyl groups is 1. The Hall–Kier alpha value is -7.31. The fourth-order valence-electron chi connectivity index (χ4n) is 6.33. The molecule has 0 aliphatic heterocycles. The summed E-state index contributed by atoms with van der Waals surface area (Å²) in [4.78, 5) is 9.50. The molecule has 0 heterocycles. The minimum atomic E-state index is -5.02. The van der Waals surface area contributed by atoms with Crippen molar-refractivity contribution < 1.29 is 66.5 Å². The summed E-state index contributed by atoms with van der Waals surface area (Å²) in [5, 5.41) is 41.5. The number of hydrogen-bond donors (Lipinski definition) is 8. The Bertz CT molecular complexity index is 3610. The normalized spacial score (nSPS) is 12.6. The lowest BCUT2D eigenvalue weighted by Gasteiger charge is -2.12. The van der Waals surface area contributed by atoms with Crippen LogP contribution in [0.4, 0.5) is 56.9 Å². The van der Waals surface area contributed by atoms with Crippen LogP contribution in [0.3, 0.4) is 0 Å². The van der Waals surface area contributed by atoms with Crippen LogP contribution in [0, 0.1) is 13.8 Å². The fraction of sp³-hybridized carbons (Fsp3) is 0.146. The second-order valence-corrected chi connectivity index (χ2v) is 20.6. The average molecular weight is 1030 g/mol. The maximum absolute atomic E-state index is 12.6. The predicted molar refractivity (Wildman–Crippen MR) is 251 cm³/mol. The number of nitrogens with two attached hydrogens (primary N) is 1. The third-order valence-electron chi connectivity index (χ3n) is 9.53. The van der Waals surface area contributed by atoms with Crippen molar-refractivity contribution in [2.45, 2.75) is 41.9 Å². The number of azo groups is 3. The van der Waals surface area contributed by atoms with Crippen molar-refractivity contribution >= 4 is 114 Å². The molecular weight excluding hydrogens is 987 g/mol. The first kappa shape index (κ1) is 51.1. The summed E-state index contributed by atoms with van der Waals surface area (Å²) in [6, 6.07) is 19.9. The van der Waals surface area contributed by atoms with Crippen LogP contribution in [0.1, 0.15) is 24.5 Å². The number of carbonyl (C=O) groups is 1. The topological polar surface area (TPSA) is 388 Å². The van der Waals surface area contributed by atoms with Crippen molar-refractivity contribution in [1.29, 1.82) is 0 Å². The van der Waals surface area contributed by atoms with E-state index in [0.29, 0.717) is 11.1 Å². The van der Waals surface area contributed by atoms with Crippen molar-refractivity contribution in [2.24, 2.45) is 30.7 Å². The van der Waals surface area contributed by atoms with E-state index < -0.39 is 78.3 Å². The number of ether oxygens (including phenoxy) is 1. The predicted octanol–water partition coefficient (Wildman–Crippen LogP) is 9.09. The molecule has 24 nitrogen and oxygen atoms in total. The zero-order valence-corrected chi connectivity index (χ0v) is 39.3. The number of anilines is 4. The summed E-state index contributed by atoms with van der Waals surface area (Å²) in [6.07, 6.45) is -0.134. The van der Waals surface area contributed by atoms with E-state index >= 15 is 0 Å². The highest BCUT2D eigenvalue weighted by molar-refractivity contribution is 7.86. The van der Waals surface area contributed by atoms with Crippen molar-refractivity contribution in [2.75, 3.05) is 28.7 Å². The lowest BCUT2D eigenvalue weighted by atomic mass is 10.1. The zero-order valence-electron chi connectivity index (χ0n) is 36.0. The van der Waals surface area contributed by atoms with Crippen molar-refractivity contribution in [3.8, 4) is 11.5 Å². The molecule has 6 aromatic carbocycles. The number of benzene rings is 6. The van der Waals surface area contributed by atoms with Gasteiger partial charge in [-0.25, -0.2) is 0 Å². The molecule has 0 saturated carbocycles. The van der Waals surface area contributed by atoms with Crippen LogP contribution in [0.2, 0.25) is 0 Å². The molecule has 0 bridgehead atoms. The lowest BCUT2D eigenvalue weighted by Crippen LogP contribution is -2.08. The number of nitrogens with one attached hydrogen (secondary N) is 2. The molecule has 6 rings (SSSR count). The Labute approximate surface area is 393 Å². The first-order valence-corrected chi connectivity index (χ1v) is 25.5. The monoisotopic (exact) mass is 1030 g/mol. The molecular formula is C41H39N9O15S4. The third kappa shape index (κ3) is 13.2. The second-order valence-electron chi connectivity index (χ2n) is 14.8.